The molecule has 0 saturated carbocycles. The quantitative estimate of drug-likeness (QED) is 0.103. The van der Waals surface area contributed by atoms with Crippen LogP contribution in [0.25, 0.3) is 17.4 Å². The number of nitrogens with zero attached hydrogens (tertiary/aromatic N) is 12. The van der Waals surface area contributed by atoms with Crippen molar-refractivity contribution in [1.82, 2.24) is 48.9 Å². The van der Waals surface area contributed by atoms with Gasteiger partial charge in [0.1, 0.15) is 11.6 Å². The maximum absolute atomic E-state index is 13.7. The Morgan fingerprint density at radius 1 is 0.552 bits per heavy atom. The maximum atomic E-state index is 13.7. The smallest absolute Gasteiger partial charge is 0.256 e. The molecular weight excluding hydrogens is 1300 g/mol. The maximum Gasteiger partial charge on any atom is 0.256 e. The summed E-state index contributed by atoms with van der Waals surface area (Å²) in [5.74, 6) is 2.10. The van der Waals surface area contributed by atoms with Crippen LogP contribution in [-0.2, 0) is 26.5 Å². The zero-order chi connectivity index (χ0) is 67.0. The van der Waals surface area contributed by atoms with Gasteiger partial charge in [0.05, 0.1) is 82.6 Å². The first-order valence-corrected chi connectivity index (χ1v) is 37.1. The summed E-state index contributed by atoms with van der Waals surface area (Å²) >= 11 is 12.3. The molecule has 5 saturated heterocycles. The van der Waals surface area contributed by atoms with Gasteiger partial charge in [-0.1, -0.05) is 55.8 Å². The van der Waals surface area contributed by atoms with E-state index in [-0.39, 0.29) is 60.6 Å². The summed E-state index contributed by atoms with van der Waals surface area (Å²) in [6.07, 6.45) is 18.4. The van der Waals surface area contributed by atoms with Gasteiger partial charge in [-0.2, -0.15) is 0 Å². The molecule has 3 aromatic carbocycles. The van der Waals surface area contributed by atoms with E-state index in [0.717, 1.165) is 161 Å². The van der Waals surface area contributed by atoms with Crippen LogP contribution >= 0.6 is 23.2 Å². The van der Waals surface area contributed by atoms with E-state index in [2.05, 4.69) is 50.2 Å². The summed E-state index contributed by atoms with van der Waals surface area (Å²) in [5.41, 5.74) is 17.7. The number of pyridine rings is 1. The fourth-order valence-electron chi connectivity index (χ4n) is 14.0. The Balaban J connectivity index is 0.000000146. The highest BCUT2D eigenvalue weighted by atomic mass is 35.5. The van der Waals surface area contributed by atoms with Crippen molar-refractivity contribution in [2.24, 2.45) is 11.7 Å². The number of para-hydroxylation sites is 1. The molecule has 1 aliphatic carbocycles. The number of aryl methyl sites for hydroxylation is 3. The van der Waals surface area contributed by atoms with E-state index in [1.165, 1.54) is 28.8 Å². The molecule has 0 bridgehead atoms. The number of fused-ring (bicyclic) bond motifs is 3. The number of carbonyl (C=O) groups excluding carboxylic acids is 3. The molecule has 10 heterocycles. The number of aromatic nitrogens is 7. The number of halogens is 2. The van der Waals surface area contributed by atoms with Crippen LogP contribution in [0.1, 0.15) is 161 Å². The molecular formula is C70H85Cl2N15O7S2. The van der Waals surface area contributed by atoms with Crippen LogP contribution in [0.15, 0.2) is 109 Å². The fourth-order valence-corrected chi connectivity index (χ4v) is 15.5. The number of benzene rings is 3. The normalized spacial score (nSPS) is 19.7. The molecule has 22 nitrogen and oxygen atoms in total. The van der Waals surface area contributed by atoms with Gasteiger partial charge in [0.25, 0.3) is 17.7 Å². The number of sulfonamides is 2. The number of rotatable bonds is 12. The van der Waals surface area contributed by atoms with Gasteiger partial charge in [-0.3, -0.25) is 28.8 Å². The van der Waals surface area contributed by atoms with Gasteiger partial charge in [0.15, 0.2) is 11.3 Å². The number of hydrogen-bond donors (Lipinski definition) is 3. The number of likely N-dealkylation sites (tertiary alicyclic amines) is 3. The average Bonchev–Trinajstić information content (AvgIpc) is 1.56. The highest BCUT2D eigenvalue weighted by molar-refractivity contribution is 7.92. The van der Waals surface area contributed by atoms with E-state index >= 15 is 0 Å². The molecule has 0 spiro atoms. The summed E-state index contributed by atoms with van der Waals surface area (Å²) in [4.78, 5) is 64.9. The van der Waals surface area contributed by atoms with Crippen LogP contribution in [0.4, 0.5) is 23.0 Å². The van der Waals surface area contributed by atoms with Gasteiger partial charge in [-0.15, -0.1) is 10.2 Å². The predicted molar refractivity (Wildman–Crippen MR) is 379 cm³/mol. The molecule has 26 heteroatoms. The van der Waals surface area contributed by atoms with Crippen molar-refractivity contribution in [2.75, 3.05) is 77.6 Å². The molecule has 5 aliphatic heterocycles. The highest BCUT2D eigenvalue weighted by Gasteiger charge is 2.37. The van der Waals surface area contributed by atoms with E-state index in [4.69, 9.17) is 49.1 Å². The molecule has 14 rings (SSSR count). The molecule has 508 valence electrons. The number of hydrogen-bond acceptors (Lipinski definition) is 15. The predicted octanol–water partition coefficient (Wildman–Crippen LogP) is 11.5. The van der Waals surface area contributed by atoms with Crippen LogP contribution in [0.5, 0.6) is 0 Å². The van der Waals surface area contributed by atoms with Gasteiger partial charge in [-0.05, 0) is 198 Å². The molecule has 96 heavy (non-hydrogen) atoms. The number of amides is 3. The van der Waals surface area contributed by atoms with Crippen LogP contribution in [0.3, 0.4) is 0 Å². The van der Waals surface area contributed by atoms with Crippen molar-refractivity contribution in [3.05, 3.63) is 175 Å². The molecule has 6 aliphatic rings. The molecule has 4 N–H and O–H groups in total. The van der Waals surface area contributed by atoms with Crippen molar-refractivity contribution in [1.29, 1.82) is 0 Å². The van der Waals surface area contributed by atoms with E-state index in [1.54, 1.807) is 45.8 Å². The van der Waals surface area contributed by atoms with Crippen molar-refractivity contribution in [2.45, 2.75) is 130 Å². The summed E-state index contributed by atoms with van der Waals surface area (Å²) in [6.45, 7) is 13.9. The van der Waals surface area contributed by atoms with Crippen LogP contribution < -0.4 is 25.0 Å². The Bertz CT molecular complexity index is 4520. The van der Waals surface area contributed by atoms with Gasteiger partial charge < -0.3 is 30.2 Å². The zero-order valence-corrected chi connectivity index (χ0v) is 57.5. The van der Waals surface area contributed by atoms with Crippen LogP contribution in [0, 0.1) is 26.7 Å². The molecule has 0 radical (unpaired) electrons. The first-order valence-electron chi connectivity index (χ1n) is 32.6. The minimum absolute atomic E-state index is 0. The SMILES string of the molecule is C.CC1CN(c2ccc3nc([C@@H]4CCCCN4C(=O)c4cc(Cl)ccc4NS(C)(=O)=O)cn3n2)C1.Cc1cc(C)c2c(n1)C=C([C@@H]1CCCCN1C(=O)c1ccccc1NS(C)(=O)=O)C2.Cc1ccc(Cl)cc1C(=O)N1CCCC[C@H]1c1cn2nc(N3CC[C@H](N)C3)ccc2n1. The van der Waals surface area contributed by atoms with E-state index < -0.39 is 20.0 Å². The second kappa shape index (κ2) is 28.9. The van der Waals surface area contributed by atoms with Crippen LogP contribution in [-0.4, -0.2) is 154 Å². The van der Waals surface area contributed by atoms with Crippen molar-refractivity contribution < 1.29 is 31.2 Å². The molecule has 8 aromatic rings. The summed E-state index contributed by atoms with van der Waals surface area (Å²) in [7, 11) is -7.04. The van der Waals surface area contributed by atoms with Gasteiger partial charge >= 0.3 is 0 Å². The number of nitrogens with two attached hydrogens (primary N) is 1. The largest absolute Gasteiger partial charge is 0.355 e. The Kier molecular flexibility index (Phi) is 20.8. The van der Waals surface area contributed by atoms with Gasteiger partial charge in [0.2, 0.25) is 20.0 Å². The lowest BCUT2D eigenvalue weighted by Crippen LogP contribution is -2.45. The fraction of sp³-hybridized carbons (Fsp3) is 0.429. The Morgan fingerprint density at radius 3 is 1.62 bits per heavy atom. The summed E-state index contributed by atoms with van der Waals surface area (Å²) < 4.78 is 55.7. The lowest BCUT2D eigenvalue weighted by Gasteiger charge is -2.37. The number of imidazole rings is 2. The highest BCUT2D eigenvalue weighted by Crippen LogP contribution is 2.38. The van der Waals surface area contributed by atoms with E-state index in [0.29, 0.717) is 52.4 Å². The van der Waals surface area contributed by atoms with Gasteiger partial charge in [-0.25, -0.2) is 35.8 Å². The number of nitrogens with one attached hydrogen (secondary N) is 2. The topological polar surface area (TPSA) is 259 Å². The molecule has 0 unspecified atom stereocenters. The number of piperidine rings is 3. The second-order valence-electron chi connectivity index (χ2n) is 26.1. The Labute approximate surface area is 572 Å². The standard InChI is InChI=1S/C23H27ClN6O3S.C23H27ClN6O.C23H27N3O3S.CH4/c1-15-12-28(13-15)22-9-8-21-25-19(14-30(21)26-22)20-5-3-4-10-29(20)23(31)17-11-16(24)6-7-18(17)27-34(2,32)33;1-15-5-6-16(24)12-18(15)23(31)29-10-3-2-4-20(29)19-14-30-21(26-19)7-8-22(27-30)28-11-9-17(25)13-28;1-15-12-16(2)24-21-14-17(13-19(15)21)22-10-6-7-11-26(22)23(27)18-8-4-5-9-20(18)25-30(3,28)29;/h6-9,11,14-15,20,27H,3-5,10,12-13H2,1-2H3;5-8,12,14,17,20H,2-4,9-11,13,25H2,1H3;4-5,8-9,12,14,22,25H,6-7,10-11,13H2,1-3H3;1H4/t20-;17-,20-;22-;/m000./s1. The second-order valence-corrected chi connectivity index (χ2v) is 30.5. The lowest BCUT2D eigenvalue weighted by molar-refractivity contribution is 0.0600. The first kappa shape index (κ1) is 69.2. The molecule has 5 aromatic heterocycles. The minimum atomic E-state index is -3.56. The molecule has 5 fully saturated rings. The monoisotopic (exact) mass is 1380 g/mol. The van der Waals surface area contributed by atoms with Crippen LogP contribution in [0.2, 0.25) is 10.0 Å². The number of anilines is 4. The summed E-state index contributed by atoms with van der Waals surface area (Å²) in [5, 5.41) is 10.4. The molecule has 3 amide bonds. The summed E-state index contributed by atoms with van der Waals surface area (Å²) in [6, 6.07) is 26.8. The lowest BCUT2D eigenvalue weighted by atomic mass is 9.92. The van der Waals surface area contributed by atoms with E-state index in [9.17, 15) is 31.2 Å². The molecule has 4 atom stereocenters. The Hall–Kier alpha value is -8.16. The Morgan fingerprint density at radius 2 is 1.06 bits per heavy atom. The first-order chi connectivity index (χ1) is 45.4. The van der Waals surface area contributed by atoms with E-state index in [1.807, 2.05) is 77.0 Å². The third-order valence-corrected chi connectivity index (χ3v) is 20.2. The van der Waals surface area contributed by atoms with Crippen molar-refractivity contribution >= 4 is 101 Å². The van der Waals surface area contributed by atoms with Gasteiger partial charge in [0, 0.05) is 73.2 Å². The third-order valence-electron chi connectivity index (χ3n) is 18.6. The van der Waals surface area contributed by atoms with Crippen molar-refractivity contribution in [3.8, 4) is 0 Å². The van der Waals surface area contributed by atoms with Crippen molar-refractivity contribution in [3.63, 3.8) is 0 Å². The zero-order valence-electron chi connectivity index (χ0n) is 54.4. The third kappa shape index (κ3) is 15.6. The minimum Gasteiger partial charge on any atom is -0.355 e. The number of carbonyl (C=O) groups is 3. The average molecular weight is 1380 g/mol.